The van der Waals surface area contributed by atoms with E-state index in [0.29, 0.717) is 11.3 Å². The van der Waals surface area contributed by atoms with Crippen molar-refractivity contribution in [1.82, 2.24) is 9.97 Å². The fraction of sp³-hybridized carbons (Fsp3) is 0. The molecule has 0 unspecified atom stereocenters. The largest absolute Gasteiger partial charge is 0.398 e. The first-order valence-electron chi connectivity index (χ1n) is 6.22. The van der Waals surface area contributed by atoms with Gasteiger partial charge in [0.2, 0.25) is 5.91 Å². The van der Waals surface area contributed by atoms with Crippen LogP contribution in [0.5, 0.6) is 0 Å². The van der Waals surface area contributed by atoms with Crippen LogP contribution in [0.4, 0.5) is 5.69 Å². The van der Waals surface area contributed by atoms with Crippen molar-refractivity contribution in [3.8, 4) is 0 Å². The van der Waals surface area contributed by atoms with E-state index in [1.165, 1.54) is 18.1 Å². The molecule has 0 saturated carbocycles. The maximum absolute atomic E-state index is 11.1. The first-order valence-corrected chi connectivity index (χ1v) is 7.04. The van der Waals surface area contributed by atoms with Crippen LogP contribution in [0.15, 0.2) is 58.7 Å². The molecular formula is C15H12N4OS. The van der Waals surface area contributed by atoms with E-state index in [0.717, 1.165) is 20.8 Å². The Balaban J connectivity index is 2.01. The number of amides is 1. The van der Waals surface area contributed by atoms with Gasteiger partial charge < -0.3 is 11.5 Å². The number of carbonyl (C=O) groups excluding carboxylic acids is 1. The molecule has 1 amide bonds. The number of hydrogen-bond donors (Lipinski definition) is 2. The number of benzene rings is 2. The molecule has 0 saturated heterocycles. The number of primary amides is 1. The minimum absolute atomic E-state index is 0.393. The lowest BCUT2D eigenvalue weighted by atomic mass is 10.2. The summed E-state index contributed by atoms with van der Waals surface area (Å²) in [7, 11) is 0. The lowest BCUT2D eigenvalue weighted by molar-refractivity contribution is 0.100. The highest BCUT2D eigenvalue weighted by molar-refractivity contribution is 7.99. The Morgan fingerprint density at radius 2 is 1.90 bits per heavy atom. The molecule has 0 atom stereocenters. The number of anilines is 1. The van der Waals surface area contributed by atoms with E-state index in [9.17, 15) is 4.79 Å². The van der Waals surface area contributed by atoms with Gasteiger partial charge in [0.1, 0.15) is 11.4 Å². The number of para-hydroxylation sites is 1. The topological polar surface area (TPSA) is 94.9 Å². The third-order valence-electron chi connectivity index (χ3n) is 3.01. The Morgan fingerprint density at radius 1 is 1.10 bits per heavy atom. The molecule has 2 aromatic carbocycles. The number of nitrogen functional groups attached to an aromatic ring is 1. The number of carbonyl (C=O) groups is 1. The minimum atomic E-state index is -0.495. The van der Waals surface area contributed by atoms with Gasteiger partial charge in [-0.05, 0) is 24.3 Å². The highest BCUT2D eigenvalue weighted by Gasteiger charge is 2.09. The summed E-state index contributed by atoms with van der Waals surface area (Å²) >= 11 is 1.44. The van der Waals surface area contributed by atoms with Gasteiger partial charge in [0.05, 0.1) is 5.52 Å². The van der Waals surface area contributed by atoms with Crippen molar-refractivity contribution in [1.29, 1.82) is 0 Å². The fourth-order valence-corrected chi connectivity index (χ4v) is 2.86. The SMILES string of the molecule is NC(=O)c1ccc(Sc2ncnc3ccccc23)c(N)c1. The summed E-state index contributed by atoms with van der Waals surface area (Å²) in [6, 6.07) is 12.8. The molecule has 104 valence electrons. The first-order chi connectivity index (χ1) is 10.1. The van der Waals surface area contributed by atoms with E-state index in [1.54, 1.807) is 18.2 Å². The zero-order chi connectivity index (χ0) is 14.8. The molecule has 0 aliphatic carbocycles. The van der Waals surface area contributed by atoms with Crippen molar-refractivity contribution in [3.05, 3.63) is 54.4 Å². The molecular weight excluding hydrogens is 284 g/mol. The van der Waals surface area contributed by atoms with Crippen LogP contribution >= 0.6 is 11.8 Å². The standard InChI is InChI=1S/C15H12N4OS/c16-11-7-9(14(17)20)5-6-13(11)21-15-10-3-1-2-4-12(10)18-8-19-15/h1-8H,16H2,(H2,17,20). The third-order valence-corrected chi connectivity index (χ3v) is 4.12. The fourth-order valence-electron chi connectivity index (χ4n) is 1.96. The van der Waals surface area contributed by atoms with Gasteiger partial charge in [-0.1, -0.05) is 30.0 Å². The molecule has 0 fully saturated rings. The second kappa shape index (κ2) is 5.41. The number of hydrogen-bond acceptors (Lipinski definition) is 5. The quantitative estimate of drug-likeness (QED) is 0.572. The highest BCUT2D eigenvalue weighted by Crippen LogP contribution is 2.34. The van der Waals surface area contributed by atoms with Crippen LogP contribution in [0, 0.1) is 0 Å². The van der Waals surface area contributed by atoms with E-state index in [2.05, 4.69) is 9.97 Å². The number of fused-ring (bicyclic) bond motifs is 1. The number of rotatable bonds is 3. The Kier molecular flexibility index (Phi) is 3.45. The summed E-state index contributed by atoms with van der Waals surface area (Å²) in [6.45, 7) is 0. The van der Waals surface area contributed by atoms with Crippen LogP contribution in [0.2, 0.25) is 0 Å². The van der Waals surface area contributed by atoms with Gasteiger partial charge in [0, 0.05) is 21.5 Å². The highest BCUT2D eigenvalue weighted by atomic mass is 32.2. The second-order valence-corrected chi connectivity index (χ2v) is 5.45. The average Bonchev–Trinajstić information content (AvgIpc) is 2.49. The molecule has 4 N–H and O–H groups in total. The normalized spacial score (nSPS) is 10.7. The van der Waals surface area contributed by atoms with Crippen molar-refractivity contribution < 1.29 is 4.79 Å². The van der Waals surface area contributed by atoms with Gasteiger partial charge in [-0.2, -0.15) is 0 Å². The Bertz CT molecular complexity index is 830. The number of nitrogens with two attached hydrogens (primary N) is 2. The molecule has 0 bridgehead atoms. The van der Waals surface area contributed by atoms with Gasteiger partial charge in [-0.3, -0.25) is 4.79 Å². The minimum Gasteiger partial charge on any atom is -0.398 e. The lowest BCUT2D eigenvalue weighted by Crippen LogP contribution is -2.11. The lowest BCUT2D eigenvalue weighted by Gasteiger charge is -2.08. The third kappa shape index (κ3) is 2.66. The molecule has 5 nitrogen and oxygen atoms in total. The van der Waals surface area contributed by atoms with E-state index in [-0.39, 0.29) is 0 Å². The summed E-state index contributed by atoms with van der Waals surface area (Å²) in [6.07, 6.45) is 1.53. The number of aromatic nitrogens is 2. The predicted molar refractivity (Wildman–Crippen MR) is 83.0 cm³/mol. The summed E-state index contributed by atoms with van der Waals surface area (Å²) in [5, 5.41) is 1.78. The Morgan fingerprint density at radius 3 is 2.67 bits per heavy atom. The van der Waals surface area contributed by atoms with Crippen molar-refractivity contribution in [3.63, 3.8) is 0 Å². The second-order valence-electron chi connectivity index (χ2n) is 4.41. The molecule has 1 heterocycles. The van der Waals surface area contributed by atoms with Crippen LogP contribution in [0.3, 0.4) is 0 Å². The van der Waals surface area contributed by atoms with Gasteiger partial charge in [0.15, 0.2) is 0 Å². The molecule has 3 rings (SSSR count). The van der Waals surface area contributed by atoms with Crippen LogP contribution in [-0.2, 0) is 0 Å². The molecule has 6 heteroatoms. The van der Waals surface area contributed by atoms with Crippen molar-refractivity contribution in [2.24, 2.45) is 5.73 Å². The monoisotopic (exact) mass is 296 g/mol. The molecule has 1 aromatic heterocycles. The van der Waals surface area contributed by atoms with E-state index < -0.39 is 5.91 Å². The molecule has 21 heavy (non-hydrogen) atoms. The Labute approximate surface area is 125 Å². The van der Waals surface area contributed by atoms with E-state index >= 15 is 0 Å². The van der Waals surface area contributed by atoms with Crippen molar-refractivity contribution in [2.75, 3.05) is 5.73 Å². The molecule has 0 aliphatic heterocycles. The van der Waals surface area contributed by atoms with Crippen LogP contribution in [-0.4, -0.2) is 15.9 Å². The van der Waals surface area contributed by atoms with Crippen molar-refractivity contribution >= 4 is 34.3 Å². The average molecular weight is 296 g/mol. The first kappa shape index (κ1) is 13.4. The molecule has 0 spiro atoms. The summed E-state index contributed by atoms with van der Waals surface area (Å²) in [5.74, 6) is -0.495. The zero-order valence-corrected chi connectivity index (χ0v) is 11.8. The van der Waals surface area contributed by atoms with E-state index in [1.807, 2.05) is 24.3 Å². The van der Waals surface area contributed by atoms with Crippen molar-refractivity contribution in [2.45, 2.75) is 9.92 Å². The molecule has 0 aliphatic rings. The molecule has 0 radical (unpaired) electrons. The van der Waals surface area contributed by atoms with E-state index in [4.69, 9.17) is 11.5 Å². The maximum atomic E-state index is 11.1. The summed E-state index contributed by atoms with van der Waals surface area (Å²) in [5.41, 5.74) is 13.0. The summed E-state index contributed by atoms with van der Waals surface area (Å²) in [4.78, 5) is 20.5. The van der Waals surface area contributed by atoms with Crippen LogP contribution in [0.1, 0.15) is 10.4 Å². The van der Waals surface area contributed by atoms with Crippen LogP contribution < -0.4 is 11.5 Å². The smallest absolute Gasteiger partial charge is 0.248 e. The van der Waals surface area contributed by atoms with Crippen LogP contribution in [0.25, 0.3) is 10.9 Å². The maximum Gasteiger partial charge on any atom is 0.248 e. The van der Waals surface area contributed by atoms with Gasteiger partial charge in [-0.25, -0.2) is 9.97 Å². The predicted octanol–water partition coefficient (Wildman–Crippen LogP) is 2.46. The molecule has 3 aromatic rings. The number of nitrogens with zero attached hydrogens (tertiary/aromatic N) is 2. The summed E-state index contributed by atoms with van der Waals surface area (Å²) < 4.78 is 0. The van der Waals surface area contributed by atoms with Gasteiger partial charge in [-0.15, -0.1) is 0 Å². The Hall–Kier alpha value is -2.60. The van der Waals surface area contributed by atoms with Gasteiger partial charge in [0.25, 0.3) is 0 Å². The van der Waals surface area contributed by atoms with Gasteiger partial charge >= 0.3 is 0 Å². The zero-order valence-electron chi connectivity index (χ0n) is 11.0.